The highest BCUT2D eigenvalue weighted by Crippen LogP contribution is 2.02. The summed E-state index contributed by atoms with van der Waals surface area (Å²) in [6.45, 7) is 0.724. The predicted octanol–water partition coefficient (Wildman–Crippen LogP) is 1.09. The summed E-state index contributed by atoms with van der Waals surface area (Å²) in [5, 5.41) is 0. The van der Waals surface area contributed by atoms with Crippen LogP contribution in [0.25, 0.3) is 0 Å². The van der Waals surface area contributed by atoms with Gasteiger partial charge in [0, 0.05) is 13.7 Å². The van der Waals surface area contributed by atoms with Crippen LogP contribution in [0.3, 0.4) is 0 Å². The lowest BCUT2D eigenvalue weighted by Gasteiger charge is -2.10. The van der Waals surface area contributed by atoms with E-state index >= 15 is 0 Å². The van der Waals surface area contributed by atoms with Gasteiger partial charge < -0.3 is 15.2 Å². The van der Waals surface area contributed by atoms with Crippen LogP contribution >= 0.6 is 0 Å². The van der Waals surface area contributed by atoms with Gasteiger partial charge in [-0.3, -0.25) is 4.79 Å². The first kappa shape index (κ1) is 12.7. The minimum absolute atomic E-state index is 0.264. The van der Waals surface area contributed by atoms with Crippen LogP contribution in [-0.2, 0) is 20.9 Å². The van der Waals surface area contributed by atoms with Crippen LogP contribution in [0.4, 0.5) is 0 Å². The molecular formula is C12H17NO3. The van der Waals surface area contributed by atoms with Crippen molar-refractivity contribution in [2.45, 2.75) is 19.1 Å². The first-order valence-electron chi connectivity index (χ1n) is 5.19. The van der Waals surface area contributed by atoms with Crippen LogP contribution in [0.2, 0.25) is 0 Å². The lowest BCUT2D eigenvalue weighted by molar-refractivity contribution is -0.147. The molecule has 0 fully saturated rings. The Hall–Kier alpha value is -1.39. The number of nitrogens with two attached hydrogens (primary N) is 1. The Morgan fingerprint density at radius 3 is 2.69 bits per heavy atom. The molecule has 4 heteroatoms. The summed E-state index contributed by atoms with van der Waals surface area (Å²) in [7, 11) is 1.57. The molecule has 2 N–H and O–H groups in total. The Labute approximate surface area is 95.3 Å². The molecule has 1 unspecified atom stereocenters. The first-order chi connectivity index (χ1) is 7.74. The number of hydrogen-bond donors (Lipinski definition) is 1. The lowest BCUT2D eigenvalue weighted by atomic mass is 10.2. The second-order valence-electron chi connectivity index (χ2n) is 3.48. The topological polar surface area (TPSA) is 61.5 Å². The van der Waals surface area contributed by atoms with E-state index < -0.39 is 6.04 Å². The van der Waals surface area contributed by atoms with Crippen molar-refractivity contribution in [3.8, 4) is 0 Å². The maximum atomic E-state index is 11.4. The molecule has 0 aliphatic rings. The zero-order chi connectivity index (χ0) is 11.8. The number of esters is 1. The van der Waals surface area contributed by atoms with Gasteiger partial charge in [0.1, 0.15) is 12.6 Å². The molecule has 1 aromatic carbocycles. The summed E-state index contributed by atoms with van der Waals surface area (Å²) < 4.78 is 9.91. The fourth-order valence-electron chi connectivity index (χ4n) is 1.20. The van der Waals surface area contributed by atoms with Gasteiger partial charge in [-0.05, 0) is 12.0 Å². The molecule has 0 saturated heterocycles. The van der Waals surface area contributed by atoms with Crippen molar-refractivity contribution in [1.82, 2.24) is 0 Å². The van der Waals surface area contributed by atoms with E-state index in [9.17, 15) is 4.79 Å². The average molecular weight is 223 g/mol. The number of carbonyl (C=O) groups excluding carboxylic acids is 1. The maximum Gasteiger partial charge on any atom is 0.323 e. The van der Waals surface area contributed by atoms with Gasteiger partial charge in [0.25, 0.3) is 0 Å². The van der Waals surface area contributed by atoms with Gasteiger partial charge in [-0.25, -0.2) is 0 Å². The van der Waals surface area contributed by atoms with Crippen LogP contribution in [0.1, 0.15) is 12.0 Å². The number of rotatable bonds is 6. The van der Waals surface area contributed by atoms with Crippen LogP contribution in [0.15, 0.2) is 30.3 Å². The lowest BCUT2D eigenvalue weighted by Crippen LogP contribution is -2.33. The fraction of sp³-hybridized carbons (Fsp3) is 0.417. The normalized spacial score (nSPS) is 12.1. The summed E-state index contributed by atoms with van der Waals surface area (Å²) >= 11 is 0. The van der Waals surface area contributed by atoms with E-state index in [1.54, 1.807) is 7.11 Å². The van der Waals surface area contributed by atoms with E-state index in [4.69, 9.17) is 15.2 Å². The molecule has 0 heterocycles. The number of benzene rings is 1. The third-order valence-corrected chi connectivity index (χ3v) is 2.16. The predicted molar refractivity (Wildman–Crippen MR) is 60.7 cm³/mol. The number of carbonyl (C=O) groups is 1. The van der Waals surface area contributed by atoms with Crippen LogP contribution < -0.4 is 5.73 Å². The summed E-state index contributed by atoms with van der Waals surface area (Å²) in [6.07, 6.45) is 0.476. The van der Waals surface area contributed by atoms with Gasteiger partial charge in [0.15, 0.2) is 0 Å². The summed E-state index contributed by atoms with van der Waals surface area (Å²) in [6, 6.07) is 8.89. The third-order valence-electron chi connectivity index (χ3n) is 2.16. The van der Waals surface area contributed by atoms with Crippen molar-refractivity contribution < 1.29 is 14.3 Å². The molecule has 0 radical (unpaired) electrons. The molecule has 0 aromatic heterocycles. The van der Waals surface area contributed by atoms with Crippen LogP contribution in [-0.4, -0.2) is 25.7 Å². The largest absolute Gasteiger partial charge is 0.460 e. The van der Waals surface area contributed by atoms with Gasteiger partial charge in [-0.1, -0.05) is 30.3 Å². The zero-order valence-electron chi connectivity index (χ0n) is 9.39. The maximum absolute atomic E-state index is 11.4. The molecule has 16 heavy (non-hydrogen) atoms. The first-order valence-corrected chi connectivity index (χ1v) is 5.19. The Morgan fingerprint density at radius 1 is 1.38 bits per heavy atom. The van der Waals surface area contributed by atoms with Crippen molar-refractivity contribution in [3.63, 3.8) is 0 Å². The summed E-state index contributed by atoms with van der Waals surface area (Å²) in [4.78, 5) is 11.4. The van der Waals surface area contributed by atoms with Gasteiger partial charge in [0.05, 0.1) is 0 Å². The number of hydrogen-bond acceptors (Lipinski definition) is 4. The summed E-state index contributed by atoms with van der Waals surface area (Å²) in [5.41, 5.74) is 6.57. The molecule has 1 atom stereocenters. The molecule has 0 spiro atoms. The Balaban J connectivity index is 2.29. The minimum Gasteiger partial charge on any atom is -0.460 e. The Bertz CT molecular complexity index is 313. The average Bonchev–Trinajstić information content (AvgIpc) is 2.34. The molecule has 88 valence electrons. The second kappa shape index (κ2) is 6.98. The van der Waals surface area contributed by atoms with E-state index in [1.807, 2.05) is 30.3 Å². The van der Waals surface area contributed by atoms with Gasteiger partial charge >= 0.3 is 5.97 Å². The molecule has 1 rings (SSSR count). The molecule has 0 bridgehead atoms. The SMILES string of the molecule is COCCC(N)C(=O)OCc1ccccc1. The zero-order valence-corrected chi connectivity index (χ0v) is 9.39. The molecule has 0 saturated carbocycles. The minimum atomic E-state index is -0.608. The number of ether oxygens (including phenoxy) is 2. The van der Waals surface area contributed by atoms with E-state index in [0.29, 0.717) is 13.0 Å². The van der Waals surface area contributed by atoms with E-state index in [0.717, 1.165) is 5.56 Å². The highest BCUT2D eigenvalue weighted by Gasteiger charge is 2.14. The Kier molecular flexibility index (Phi) is 5.53. The molecule has 0 aliphatic heterocycles. The van der Waals surface area contributed by atoms with Gasteiger partial charge in [-0.2, -0.15) is 0 Å². The molecule has 0 amide bonds. The highest BCUT2D eigenvalue weighted by atomic mass is 16.5. The van der Waals surface area contributed by atoms with Crippen LogP contribution in [0.5, 0.6) is 0 Å². The van der Waals surface area contributed by atoms with Gasteiger partial charge in [-0.15, -0.1) is 0 Å². The Morgan fingerprint density at radius 2 is 2.06 bits per heavy atom. The van der Waals surface area contributed by atoms with E-state index in [1.165, 1.54) is 0 Å². The molecular weight excluding hydrogens is 206 g/mol. The van der Waals surface area contributed by atoms with Gasteiger partial charge in [0.2, 0.25) is 0 Å². The monoisotopic (exact) mass is 223 g/mol. The van der Waals surface area contributed by atoms with Crippen molar-refractivity contribution in [2.24, 2.45) is 5.73 Å². The van der Waals surface area contributed by atoms with E-state index in [2.05, 4.69) is 0 Å². The van der Waals surface area contributed by atoms with Crippen molar-refractivity contribution in [1.29, 1.82) is 0 Å². The van der Waals surface area contributed by atoms with Crippen molar-refractivity contribution in [3.05, 3.63) is 35.9 Å². The smallest absolute Gasteiger partial charge is 0.323 e. The fourth-order valence-corrected chi connectivity index (χ4v) is 1.20. The van der Waals surface area contributed by atoms with Crippen LogP contribution in [0, 0.1) is 0 Å². The molecule has 4 nitrogen and oxygen atoms in total. The highest BCUT2D eigenvalue weighted by molar-refractivity contribution is 5.75. The number of methoxy groups -OCH3 is 1. The molecule has 0 aliphatic carbocycles. The van der Waals surface area contributed by atoms with E-state index in [-0.39, 0.29) is 12.6 Å². The van der Waals surface area contributed by atoms with Crippen molar-refractivity contribution >= 4 is 5.97 Å². The quantitative estimate of drug-likeness (QED) is 0.733. The standard InChI is InChI=1S/C12H17NO3/c1-15-8-7-11(13)12(14)16-9-10-5-3-2-4-6-10/h2-6,11H,7-9,13H2,1H3. The molecule has 1 aromatic rings. The van der Waals surface area contributed by atoms with Crippen molar-refractivity contribution in [2.75, 3.05) is 13.7 Å². The summed E-state index contributed by atoms with van der Waals surface area (Å²) in [5.74, 6) is -0.388. The second-order valence-corrected chi connectivity index (χ2v) is 3.48. The third kappa shape index (κ3) is 4.42.